The summed E-state index contributed by atoms with van der Waals surface area (Å²) in [5.41, 5.74) is 3.31. The van der Waals surface area contributed by atoms with E-state index in [1.54, 1.807) is 17.1 Å². The number of carbonyl (C=O) groups is 1. The van der Waals surface area contributed by atoms with Gasteiger partial charge in [0, 0.05) is 49.7 Å². The van der Waals surface area contributed by atoms with Crippen LogP contribution in [0.1, 0.15) is 18.4 Å². The van der Waals surface area contributed by atoms with Crippen LogP contribution in [0.5, 0.6) is 0 Å². The topological polar surface area (TPSA) is 88.0 Å². The quantitative estimate of drug-likeness (QED) is 0.670. The van der Waals surface area contributed by atoms with Gasteiger partial charge in [-0.15, -0.1) is 0 Å². The molecule has 1 saturated heterocycles. The molecule has 2 aromatic heterocycles. The first kappa shape index (κ1) is 19.2. The molecular weight excluding hydrogens is 390 g/mol. The molecular formula is C20H22ClN7O. The Balaban J connectivity index is 1.44. The molecule has 4 rings (SSSR count). The molecule has 29 heavy (non-hydrogen) atoms. The van der Waals surface area contributed by atoms with Crippen molar-refractivity contribution in [1.29, 1.82) is 0 Å². The van der Waals surface area contributed by atoms with Crippen LogP contribution in [0.3, 0.4) is 0 Å². The zero-order valence-corrected chi connectivity index (χ0v) is 16.9. The highest BCUT2D eigenvalue weighted by Gasteiger charge is 2.17. The molecule has 0 unspecified atom stereocenters. The van der Waals surface area contributed by atoms with E-state index in [1.807, 2.05) is 42.4 Å². The summed E-state index contributed by atoms with van der Waals surface area (Å²) >= 11 is 6.46. The lowest BCUT2D eigenvalue weighted by molar-refractivity contribution is 0.208. The third kappa shape index (κ3) is 4.65. The minimum Gasteiger partial charge on any atom is -0.334 e. The number of halogens is 1. The van der Waals surface area contributed by atoms with E-state index in [4.69, 9.17) is 11.6 Å². The van der Waals surface area contributed by atoms with Gasteiger partial charge in [0.05, 0.1) is 17.6 Å². The normalized spacial score (nSPS) is 13.5. The monoisotopic (exact) mass is 411 g/mol. The van der Waals surface area contributed by atoms with Crippen LogP contribution in [-0.2, 0) is 13.6 Å². The molecule has 0 bridgehead atoms. The van der Waals surface area contributed by atoms with Crippen molar-refractivity contribution in [1.82, 2.24) is 30.0 Å². The van der Waals surface area contributed by atoms with E-state index >= 15 is 0 Å². The fourth-order valence-corrected chi connectivity index (χ4v) is 3.49. The van der Waals surface area contributed by atoms with E-state index in [1.165, 1.54) is 0 Å². The number of nitrogens with zero attached hydrogens (tertiary/aromatic N) is 5. The van der Waals surface area contributed by atoms with Crippen LogP contribution < -0.4 is 10.6 Å². The van der Waals surface area contributed by atoms with E-state index in [-0.39, 0.29) is 6.03 Å². The summed E-state index contributed by atoms with van der Waals surface area (Å²) in [5, 5.41) is 10.8. The number of likely N-dealkylation sites (tertiary alicyclic amines) is 1. The maximum absolute atomic E-state index is 12.1. The first-order valence-electron chi connectivity index (χ1n) is 9.49. The molecule has 3 heterocycles. The highest BCUT2D eigenvalue weighted by atomic mass is 35.5. The van der Waals surface area contributed by atoms with Crippen LogP contribution in [0.15, 0.2) is 42.9 Å². The Bertz CT molecular complexity index is 1010. The average molecular weight is 412 g/mol. The van der Waals surface area contributed by atoms with Gasteiger partial charge in [0.25, 0.3) is 0 Å². The number of aromatic nitrogens is 4. The lowest BCUT2D eigenvalue weighted by atomic mass is 10.1. The zero-order valence-electron chi connectivity index (χ0n) is 16.1. The Morgan fingerprint density at radius 1 is 1.24 bits per heavy atom. The fourth-order valence-electron chi connectivity index (χ4n) is 3.25. The number of nitrogens with one attached hydrogen (secondary N) is 2. The molecule has 1 aliphatic heterocycles. The number of carbonyl (C=O) groups excluding carboxylic acids is 1. The van der Waals surface area contributed by atoms with Crippen molar-refractivity contribution in [2.75, 3.05) is 18.4 Å². The molecule has 0 aliphatic carbocycles. The average Bonchev–Trinajstić information content (AvgIpc) is 3.39. The third-order valence-electron chi connectivity index (χ3n) is 4.79. The maximum atomic E-state index is 12.1. The van der Waals surface area contributed by atoms with Gasteiger partial charge in [0.2, 0.25) is 5.95 Å². The van der Waals surface area contributed by atoms with Gasteiger partial charge in [-0.05, 0) is 30.5 Å². The van der Waals surface area contributed by atoms with Crippen molar-refractivity contribution in [3.63, 3.8) is 0 Å². The predicted molar refractivity (Wildman–Crippen MR) is 112 cm³/mol. The molecule has 9 heteroatoms. The summed E-state index contributed by atoms with van der Waals surface area (Å²) in [6, 6.07) is 7.51. The number of aryl methyl sites for hydroxylation is 1. The highest BCUT2D eigenvalue weighted by molar-refractivity contribution is 6.31. The molecule has 0 radical (unpaired) electrons. The molecule has 0 atom stereocenters. The second-order valence-corrected chi connectivity index (χ2v) is 7.36. The second kappa shape index (κ2) is 8.48. The van der Waals surface area contributed by atoms with Crippen molar-refractivity contribution < 1.29 is 4.79 Å². The number of hydrogen-bond acceptors (Lipinski definition) is 5. The molecule has 3 aromatic rings. The maximum Gasteiger partial charge on any atom is 0.317 e. The lowest BCUT2D eigenvalue weighted by Crippen LogP contribution is -2.37. The van der Waals surface area contributed by atoms with Crippen LogP contribution in [0.2, 0.25) is 5.02 Å². The summed E-state index contributed by atoms with van der Waals surface area (Å²) in [7, 11) is 1.85. The molecule has 1 fully saturated rings. The minimum absolute atomic E-state index is 0.0374. The smallest absolute Gasteiger partial charge is 0.317 e. The van der Waals surface area contributed by atoms with Crippen LogP contribution in [0.4, 0.5) is 16.4 Å². The molecule has 0 spiro atoms. The molecule has 2 amide bonds. The Hall–Kier alpha value is -3.13. The summed E-state index contributed by atoms with van der Waals surface area (Å²) in [5.74, 6) is 0.480. The highest BCUT2D eigenvalue weighted by Crippen LogP contribution is 2.25. The van der Waals surface area contributed by atoms with Gasteiger partial charge >= 0.3 is 6.03 Å². The Kier molecular flexibility index (Phi) is 5.62. The summed E-state index contributed by atoms with van der Waals surface area (Å²) in [4.78, 5) is 22.8. The predicted octanol–water partition coefficient (Wildman–Crippen LogP) is 3.58. The largest absolute Gasteiger partial charge is 0.334 e. The molecule has 1 aliphatic rings. The van der Waals surface area contributed by atoms with Crippen molar-refractivity contribution in [3.8, 4) is 11.3 Å². The Labute approximate surface area is 173 Å². The number of anilines is 2. The molecule has 2 N–H and O–H groups in total. The number of urea groups is 1. The van der Waals surface area contributed by atoms with Gasteiger partial charge in [-0.25, -0.2) is 14.8 Å². The van der Waals surface area contributed by atoms with Crippen molar-refractivity contribution in [3.05, 3.63) is 53.4 Å². The van der Waals surface area contributed by atoms with Crippen molar-refractivity contribution in [2.24, 2.45) is 7.05 Å². The van der Waals surface area contributed by atoms with E-state index < -0.39 is 0 Å². The van der Waals surface area contributed by atoms with Crippen molar-refractivity contribution in [2.45, 2.75) is 19.4 Å². The fraction of sp³-hybridized carbons (Fsp3) is 0.300. The standard InChI is InChI=1S/C20H22ClN7O/c1-27-13-16(12-24-27)25-19-22-7-6-18(26-19)14-4-5-15(17(21)10-14)11-23-20(29)28-8-2-3-9-28/h4-7,10,12-13H,2-3,8-9,11H2,1H3,(H,23,29)(H,22,25,26). The lowest BCUT2D eigenvalue weighted by Gasteiger charge is -2.16. The first-order chi connectivity index (χ1) is 14.1. The van der Waals surface area contributed by atoms with Gasteiger partial charge < -0.3 is 15.5 Å². The van der Waals surface area contributed by atoms with Crippen LogP contribution >= 0.6 is 11.6 Å². The Morgan fingerprint density at radius 3 is 2.79 bits per heavy atom. The SMILES string of the molecule is Cn1cc(Nc2nccc(-c3ccc(CNC(=O)N4CCCC4)c(Cl)c3)n2)cn1. The first-order valence-corrected chi connectivity index (χ1v) is 9.86. The van der Waals surface area contributed by atoms with Crippen LogP contribution in [0, 0.1) is 0 Å². The van der Waals surface area contributed by atoms with Gasteiger partial charge in [-0.2, -0.15) is 5.10 Å². The molecule has 1 aromatic carbocycles. The van der Waals surface area contributed by atoms with Gasteiger partial charge in [0.1, 0.15) is 0 Å². The Morgan fingerprint density at radius 2 is 2.07 bits per heavy atom. The van der Waals surface area contributed by atoms with Crippen molar-refractivity contribution >= 4 is 29.3 Å². The minimum atomic E-state index is -0.0374. The van der Waals surface area contributed by atoms with E-state index in [0.717, 1.165) is 48.4 Å². The van der Waals surface area contributed by atoms with Gasteiger partial charge in [0.15, 0.2) is 0 Å². The molecule has 8 nitrogen and oxygen atoms in total. The van der Waals surface area contributed by atoms with Crippen LogP contribution in [-0.4, -0.2) is 43.8 Å². The number of hydrogen-bond donors (Lipinski definition) is 2. The van der Waals surface area contributed by atoms with E-state index in [9.17, 15) is 4.79 Å². The summed E-state index contributed by atoms with van der Waals surface area (Å²) in [6.45, 7) is 2.04. The van der Waals surface area contributed by atoms with E-state index in [0.29, 0.717) is 17.5 Å². The van der Waals surface area contributed by atoms with Gasteiger partial charge in [-0.3, -0.25) is 4.68 Å². The summed E-state index contributed by atoms with van der Waals surface area (Å²) in [6.07, 6.45) is 7.38. The second-order valence-electron chi connectivity index (χ2n) is 6.95. The molecule has 0 saturated carbocycles. The number of benzene rings is 1. The van der Waals surface area contributed by atoms with E-state index in [2.05, 4.69) is 25.7 Å². The number of amides is 2. The van der Waals surface area contributed by atoms with Gasteiger partial charge in [-0.1, -0.05) is 23.7 Å². The third-order valence-corrected chi connectivity index (χ3v) is 5.14. The molecule has 150 valence electrons. The number of rotatable bonds is 5. The summed E-state index contributed by atoms with van der Waals surface area (Å²) < 4.78 is 1.70. The van der Waals surface area contributed by atoms with Crippen LogP contribution in [0.25, 0.3) is 11.3 Å². The zero-order chi connectivity index (χ0) is 20.2.